The fourth-order valence-electron chi connectivity index (χ4n) is 3.10. The van der Waals surface area contributed by atoms with Gasteiger partial charge in [0, 0.05) is 5.56 Å². The van der Waals surface area contributed by atoms with Crippen LogP contribution in [0.25, 0.3) is 10.2 Å². The number of aromatic nitrogens is 1. The number of hydrogen-bond acceptors (Lipinski definition) is 3. The third kappa shape index (κ3) is 5.07. The second kappa shape index (κ2) is 8.61. The molecule has 33 heavy (non-hydrogen) atoms. The first kappa shape index (κ1) is 24.4. The maximum Gasteiger partial charge on any atom is 0.416 e. The first-order valence-electron chi connectivity index (χ1n) is 9.14. The zero-order valence-electron chi connectivity index (χ0n) is 16.5. The molecule has 0 aliphatic rings. The van der Waals surface area contributed by atoms with Gasteiger partial charge in [0.2, 0.25) is 0 Å². The van der Waals surface area contributed by atoms with Crippen molar-refractivity contribution in [2.24, 2.45) is 4.99 Å². The number of alkyl halides is 6. The number of halogens is 7. The first-order chi connectivity index (χ1) is 15.2. The summed E-state index contributed by atoms with van der Waals surface area (Å²) in [5.74, 6) is -4.04. The Kier molecular flexibility index (Phi) is 6.37. The van der Waals surface area contributed by atoms with E-state index in [0.29, 0.717) is 23.5 Å². The number of carboxylic acid groups (broad SMARTS) is 1. The van der Waals surface area contributed by atoms with Gasteiger partial charge in [0.25, 0.3) is 5.91 Å². The van der Waals surface area contributed by atoms with E-state index in [9.17, 15) is 45.4 Å². The van der Waals surface area contributed by atoms with Crippen LogP contribution in [-0.2, 0) is 17.1 Å². The third-order valence-corrected chi connectivity index (χ3v) is 5.62. The predicted molar refractivity (Wildman–Crippen MR) is 103 cm³/mol. The van der Waals surface area contributed by atoms with Gasteiger partial charge < -0.3 is 9.67 Å². The van der Waals surface area contributed by atoms with Crippen LogP contribution < -0.4 is 4.80 Å². The number of carboxylic acids is 1. The van der Waals surface area contributed by atoms with Crippen LogP contribution in [0.3, 0.4) is 0 Å². The van der Waals surface area contributed by atoms with Crippen LogP contribution in [0.15, 0.2) is 41.4 Å². The van der Waals surface area contributed by atoms with E-state index < -0.39 is 52.8 Å². The topological polar surface area (TPSA) is 71.7 Å². The lowest BCUT2D eigenvalue weighted by molar-refractivity contribution is -0.141. The molecule has 0 saturated heterocycles. The molecule has 2 aromatic carbocycles. The molecule has 0 aliphatic heterocycles. The Morgan fingerprint density at radius 3 is 2.21 bits per heavy atom. The Hall–Kier alpha value is -3.22. The van der Waals surface area contributed by atoms with Crippen molar-refractivity contribution in [3.8, 4) is 0 Å². The zero-order chi connectivity index (χ0) is 24.7. The van der Waals surface area contributed by atoms with E-state index in [1.807, 2.05) is 0 Å². The number of hydrogen-bond donors (Lipinski definition) is 1. The predicted octanol–water partition coefficient (Wildman–Crippen LogP) is 5.66. The molecule has 0 aliphatic carbocycles. The molecule has 0 spiro atoms. The number of aliphatic carboxylic acids is 1. The molecule has 1 amide bonds. The van der Waals surface area contributed by atoms with Crippen LogP contribution in [0.1, 0.15) is 40.9 Å². The number of thiazole rings is 1. The van der Waals surface area contributed by atoms with Crippen molar-refractivity contribution < 1.29 is 45.4 Å². The van der Waals surface area contributed by atoms with Crippen LogP contribution in [0, 0.1) is 5.82 Å². The van der Waals surface area contributed by atoms with Gasteiger partial charge in [0.05, 0.1) is 21.3 Å². The highest BCUT2D eigenvalue weighted by molar-refractivity contribution is 7.16. The molecule has 0 saturated carbocycles. The van der Waals surface area contributed by atoms with Crippen LogP contribution in [0.2, 0.25) is 0 Å². The molecule has 1 heterocycles. The van der Waals surface area contributed by atoms with Gasteiger partial charge >= 0.3 is 18.3 Å². The van der Waals surface area contributed by atoms with Crippen molar-refractivity contribution in [2.75, 3.05) is 0 Å². The summed E-state index contributed by atoms with van der Waals surface area (Å²) in [6.07, 6.45) is -9.68. The summed E-state index contributed by atoms with van der Waals surface area (Å²) in [7, 11) is 0. The molecular formula is C20H13F7N2O3S. The lowest BCUT2D eigenvalue weighted by Crippen LogP contribution is -2.27. The average Bonchev–Trinajstić information content (AvgIpc) is 3.03. The van der Waals surface area contributed by atoms with Gasteiger partial charge in [-0.15, -0.1) is 0 Å². The quantitative estimate of drug-likeness (QED) is 0.476. The summed E-state index contributed by atoms with van der Waals surface area (Å²) in [5, 5.41) is 9.53. The number of benzene rings is 2. The molecule has 0 bridgehead atoms. The SMILES string of the molecule is CCC(C(=O)O)n1c(=NC(=O)c2cc(F)cc(C(F)(F)F)c2)sc2cc(C(F)(F)F)ccc21. The van der Waals surface area contributed by atoms with Gasteiger partial charge in [0.15, 0.2) is 4.80 Å². The van der Waals surface area contributed by atoms with Crippen molar-refractivity contribution >= 4 is 33.4 Å². The number of amides is 1. The Morgan fingerprint density at radius 2 is 1.67 bits per heavy atom. The van der Waals surface area contributed by atoms with Crippen molar-refractivity contribution in [1.82, 2.24) is 4.57 Å². The molecule has 5 nitrogen and oxygen atoms in total. The molecule has 176 valence electrons. The highest BCUT2D eigenvalue weighted by Gasteiger charge is 2.33. The van der Waals surface area contributed by atoms with Gasteiger partial charge in [0.1, 0.15) is 11.9 Å². The summed E-state index contributed by atoms with van der Waals surface area (Å²) in [4.78, 5) is 27.5. The lowest BCUT2D eigenvalue weighted by Gasteiger charge is -2.14. The number of fused-ring (bicyclic) bond motifs is 1. The van der Waals surface area contributed by atoms with E-state index in [0.717, 1.165) is 22.8 Å². The minimum Gasteiger partial charge on any atom is -0.480 e. The number of carbonyl (C=O) groups excluding carboxylic acids is 1. The Balaban J connectivity index is 2.25. The van der Waals surface area contributed by atoms with Gasteiger partial charge in [-0.2, -0.15) is 31.3 Å². The van der Waals surface area contributed by atoms with Gasteiger partial charge in [-0.3, -0.25) is 4.79 Å². The molecule has 13 heteroatoms. The second-order valence-electron chi connectivity index (χ2n) is 6.84. The number of rotatable bonds is 4. The first-order valence-corrected chi connectivity index (χ1v) is 9.96. The smallest absolute Gasteiger partial charge is 0.416 e. The molecule has 0 radical (unpaired) electrons. The zero-order valence-corrected chi connectivity index (χ0v) is 17.3. The monoisotopic (exact) mass is 494 g/mol. The lowest BCUT2D eigenvalue weighted by atomic mass is 10.1. The Labute approximate surface area is 184 Å². The molecule has 0 fully saturated rings. The van der Waals surface area contributed by atoms with E-state index in [-0.39, 0.29) is 27.5 Å². The van der Waals surface area contributed by atoms with Gasteiger partial charge in [-0.1, -0.05) is 18.3 Å². The second-order valence-corrected chi connectivity index (χ2v) is 7.85. The third-order valence-electron chi connectivity index (χ3n) is 4.61. The molecule has 3 rings (SSSR count). The summed E-state index contributed by atoms with van der Waals surface area (Å²) in [6, 6.07) is 2.25. The van der Waals surface area contributed by atoms with E-state index >= 15 is 0 Å². The fourth-order valence-corrected chi connectivity index (χ4v) is 4.20. The van der Waals surface area contributed by atoms with Gasteiger partial charge in [-0.25, -0.2) is 9.18 Å². The van der Waals surface area contributed by atoms with E-state index in [2.05, 4.69) is 4.99 Å². The van der Waals surface area contributed by atoms with Crippen molar-refractivity contribution in [3.63, 3.8) is 0 Å². The van der Waals surface area contributed by atoms with Crippen molar-refractivity contribution in [3.05, 3.63) is 63.7 Å². The minimum absolute atomic E-state index is 0.0315. The average molecular weight is 494 g/mol. The van der Waals surface area contributed by atoms with Gasteiger partial charge in [-0.05, 0) is 42.8 Å². The van der Waals surface area contributed by atoms with E-state index in [1.54, 1.807) is 0 Å². The van der Waals surface area contributed by atoms with Crippen molar-refractivity contribution in [1.29, 1.82) is 0 Å². The largest absolute Gasteiger partial charge is 0.480 e. The van der Waals surface area contributed by atoms with Crippen LogP contribution >= 0.6 is 11.3 Å². The Bertz CT molecular complexity index is 1310. The summed E-state index contributed by atoms with van der Waals surface area (Å²) in [5.41, 5.74) is -3.18. The summed E-state index contributed by atoms with van der Waals surface area (Å²) >= 11 is 0.548. The minimum atomic E-state index is -4.95. The maximum absolute atomic E-state index is 13.7. The van der Waals surface area contributed by atoms with Crippen LogP contribution in [-0.4, -0.2) is 21.6 Å². The molecule has 1 unspecified atom stereocenters. The highest BCUT2D eigenvalue weighted by atomic mass is 32.1. The molecule has 1 atom stereocenters. The standard InChI is InChI=1S/C20H13F7N2O3S/c1-2-13(17(31)32)29-14-4-3-10(19(22,23)24)8-15(14)33-18(29)28-16(30)9-5-11(20(25,26)27)7-12(21)6-9/h3-8,13H,2H2,1H3,(H,31,32). The van der Waals surface area contributed by atoms with Crippen molar-refractivity contribution in [2.45, 2.75) is 31.7 Å². The van der Waals surface area contributed by atoms with Crippen LogP contribution in [0.4, 0.5) is 30.7 Å². The number of nitrogens with zero attached hydrogens (tertiary/aromatic N) is 2. The van der Waals surface area contributed by atoms with E-state index in [1.165, 1.54) is 6.92 Å². The normalized spacial score (nSPS) is 14.0. The maximum atomic E-state index is 13.7. The Morgan fingerprint density at radius 1 is 1.03 bits per heavy atom. The molecule has 3 aromatic rings. The molecule has 1 aromatic heterocycles. The van der Waals surface area contributed by atoms with E-state index in [4.69, 9.17) is 0 Å². The molecule has 1 N–H and O–H groups in total. The number of carbonyl (C=O) groups is 2. The fraction of sp³-hybridized carbons (Fsp3) is 0.250. The van der Waals surface area contributed by atoms with Crippen LogP contribution in [0.5, 0.6) is 0 Å². The summed E-state index contributed by atoms with van der Waals surface area (Å²) < 4.78 is 92.7. The summed E-state index contributed by atoms with van der Waals surface area (Å²) in [6.45, 7) is 1.48. The highest BCUT2D eigenvalue weighted by Crippen LogP contribution is 2.33. The molecular weight excluding hydrogens is 481 g/mol.